The molecule has 1 atom stereocenters. The number of thiazole rings is 1. The van der Waals surface area contributed by atoms with Crippen molar-refractivity contribution in [2.75, 3.05) is 6.54 Å². The lowest BCUT2D eigenvalue weighted by molar-refractivity contribution is 0.553. The maximum absolute atomic E-state index is 4.57. The zero-order valence-electron chi connectivity index (χ0n) is 9.84. The number of rotatable bonds is 5. The van der Waals surface area contributed by atoms with Gasteiger partial charge in [-0.2, -0.15) is 0 Å². The van der Waals surface area contributed by atoms with Gasteiger partial charge < -0.3 is 5.32 Å². The summed E-state index contributed by atoms with van der Waals surface area (Å²) in [5.74, 6) is 0.950. The first-order valence-electron chi connectivity index (χ1n) is 5.90. The van der Waals surface area contributed by atoms with Gasteiger partial charge in [0.1, 0.15) is 0 Å². The van der Waals surface area contributed by atoms with Crippen LogP contribution in [0.4, 0.5) is 0 Å². The Bertz CT molecular complexity index is 328. The van der Waals surface area contributed by atoms with Crippen LogP contribution in [0.25, 0.3) is 0 Å². The van der Waals surface area contributed by atoms with Crippen LogP contribution >= 0.6 is 11.3 Å². The molecule has 0 bridgehead atoms. The van der Waals surface area contributed by atoms with Gasteiger partial charge >= 0.3 is 0 Å². The number of nitrogens with one attached hydrogen (secondary N) is 1. The van der Waals surface area contributed by atoms with Crippen molar-refractivity contribution < 1.29 is 0 Å². The summed E-state index contributed by atoms with van der Waals surface area (Å²) in [4.78, 5) is 6.00. The van der Waals surface area contributed by atoms with Gasteiger partial charge in [0, 0.05) is 10.9 Å². The molecule has 0 saturated heterocycles. The minimum absolute atomic E-state index is 0.475. The van der Waals surface area contributed by atoms with E-state index >= 15 is 0 Å². The quantitative estimate of drug-likeness (QED) is 0.831. The summed E-state index contributed by atoms with van der Waals surface area (Å²) in [5, 5.41) is 4.88. The Morgan fingerprint density at radius 3 is 2.80 bits per heavy atom. The first kappa shape index (κ1) is 11.1. The molecule has 2 rings (SSSR count). The van der Waals surface area contributed by atoms with Crippen LogP contribution in [-0.2, 0) is 6.42 Å². The summed E-state index contributed by atoms with van der Waals surface area (Å²) >= 11 is 1.87. The van der Waals surface area contributed by atoms with Gasteiger partial charge in [-0.15, -0.1) is 11.3 Å². The minimum Gasteiger partial charge on any atom is -0.309 e. The van der Waals surface area contributed by atoms with Crippen LogP contribution in [0.3, 0.4) is 0 Å². The van der Waals surface area contributed by atoms with Gasteiger partial charge in [-0.1, -0.05) is 6.92 Å². The van der Waals surface area contributed by atoms with Crippen LogP contribution in [0.1, 0.15) is 48.3 Å². The van der Waals surface area contributed by atoms with Crippen molar-refractivity contribution in [2.24, 2.45) is 5.92 Å². The molecule has 1 heterocycles. The molecule has 0 amide bonds. The summed E-state index contributed by atoms with van der Waals surface area (Å²) in [6.45, 7) is 7.73. The lowest BCUT2D eigenvalue weighted by Crippen LogP contribution is -2.20. The predicted octanol–water partition coefficient (Wildman–Crippen LogP) is 3.07. The fourth-order valence-electron chi connectivity index (χ4n) is 1.78. The van der Waals surface area contributed by atoms with Crippen molar-refractivity contribution in [2.45, 2.75) is 46.1 Å². The number of hydrogen-bond donors (Lipinski definition) is 1. The molecule has 84 valence electrons. The van der Waals surface area contributed by atoms with E-state index in [4.69, 9.17) is 0 Å². The fourth-order valence-corrected chi connectivity index (χ4v) is 2.81. The van der Waals surface area contributed by atoms with E-state index in [-0.39, 0.29) is 0 Å². The lowest BCUT2D eigenvalue weighted by atomic mass is 10.2. The third-order valence-electron chi connectivity index (χ3n) is 2.98. The largest absolute Gasteiger partial charge is 0.309 e. The van der Waals surface area contributed by atoms with Crippen LogP contribution in [0, 0.1) is 12.8 Å². The highest BCUT2D eigenvalue weighted by molar-refractivity contribution is 7.11. The SMILES string of the molecule is CCc1nc(C)c(C(C)NCC2CC2)s1. The Morgan fingerprint density at radius 1 is 1.53 bits per heavy atom. The van der Waals surface area contributed by atoms with Gasteiger partial charge in [-0.3, -0.25) is 0 Å². The van der Waals surface area contributed by atoms with Crippen molar-refractivity contribution in [3.8, 4) is 0 Å². The molecule has 1 fully saturated rings. The molecule has 0 radical (unpaired) electrons. The average molecular weight is 224 g/mol. The Labute approximate surface area is 96.1 Å². The maximum Gasteiger partial charge on any atom is 0.0928 e. The van der Waals surface area contributed by atoms with Gasteiger partial charge in [0.2, 0.25) is 0 Å². The van der Waals surface area contributed by atoms with Crippen LogP contribution in [-0.4, -0.2) is 11.5 Å². The summed E-state index contributed by atoms with van der Waals surface area (Å²) in [6, 6.07) is 0.475. The second-order valence-electron chi connectivity index (χ2n) is 4.48. The second kappa shape index (κ2) is 4.62. The Balaban J connectivity index is 1.96. The summed E-state index contributed by atoms with van der Waals surface area (Å²) < 4.78 is 0. The highest BCUT2D eigenvalue weighted by Gasteiger charge is 2.22. The highest BCUT2D eigenvalue weighted by atomic mass is 32.1. The number of aromatic nitrogens is 1. The van der Waals surface area contributed by atoms with Gasteiger partial charge in [0.15, 0.2) is 0 Å². The van der Waals surface area contributed by atoms with E-state index in [0.29, 0.717) is 6.04 Å². The Morgan fingerprint density at radius 2 is 2.27 bits per heavy atom. The van der Waals surface area contributed by atoms with E-state index in [1.54, 1.807) is 0 Å². The van der Waals surface area contributed by atoms with E-state index in [1.807, 2.05) is 11.3 Å². The highest BCUT2D eigenvalue weighted by Crippen LogP contribution is 2.30. The minimum atomic E-state index is 0.475. The van der Waals surface area contributed by atoms with Gasteiger partial charge in [-0.25, -0.2) is 4.98 Å². The van der Waals surface area contributed by atoms with Gasteiger partial charge in [0.25, 0.3) is 0 Å². The molecular formula is C12H20N2S. The van der Waals surface area contributed by atoms with Crippen LogP contribution < -0.4 is 5.32 Å². The van der Waals surface area contributed by atoms with E-state index in [1.165, 1.54) is 35.0 Å². The lowest BCUT2D eigenvalue weighted by Gasteiger charge is -2.11. The Hall–Kier alpha value is -0.410. The van der Waals surface area contributed by atoms with Gasteiger partial charge in [-0.05, 0) is 45.6 Å². The third kappa shape index (κ3) is 2.79. The molecular weight excluding hydrogens is 204 g/mol. The van der Waals surface area contributed by atoms with Crippen molar-refractivity contribution in [3.63, 3.8) is 0 Å². The van der Waals surface area contributed by atoms with Crippen LogP contribution in [0.2, 0.25) is 0 Å². The zero-order chi connectivity index (χ0) is 10.8. The molecule has 2 nitrogen and oxygen atoms in total. The Kier molecular flexibility index (Phi) is 3.42. The predicted molar refractivity (Wildman–Crippen MR) is 65.4 cm³/mol. The van der Waals surface area contributed by atoms with Crippen LogP contribution in [0.5, 0.6) is 0 Å². The molecule has 1 aromatic heterocycles. The summed E-state index contributed by atoms with van der Waals surface area (Å²) in [7, 11) is 0. The number of aryl methyl sites for hydroxylation is 2. The topological polar surface area (TPSA) is 24.9 Å². The molecule has 3 heteroatoms. The molecule has 15 heavy (non-hydrogen) atoms. The molecule has 0 spiro atoms. The second-order valence-corrected chi connectivity index (χ2v) is 5.60. The smallest absolute Gasteiger partial charge is 0.0928 e. The molecule has 0 aliphatic heterocycles. The summed E-state index contributed by atoms with van der Waals surface area (Å²) in [6.07, 6.45) is 3.89. The number of nitrogens with zero attached hydrogens (tertiary/aromatic N) is 1. The van der Waals surface area contributed by atoms with Gasteiger partial charge in [0.05, 0.1) is 10.7 Å². The molecule has 1 N–H and O–H groups in total. The molecule has 1 aliphatic rings. The molecule has 1 unspecified atom stereocenters. The summed E-state index contributed by atoms with van der Waals surface area (Å²) in [5.41, 5.74) is 1.22. The fraction of sp³-hybridized carbons (Fsp3) is 0.750. The molecule has 0 aromatic carbocycles. The van der Waals surface area contributed by atoms with Crippen molar-refractivity contribution >= 4 is 11.3 Å². The third-order valence-corrected chi connectivity index (χ3v) is 4.47. The van der Waals surface area contributed by atoms with E-state index in [9.17, 15) is 0 Å². The van der Waals surface area contributed by atoms with Crippen LogP contribution in [0.15, 0.2) is 0 Å². The zero-order valence-corrected chi connectivity index (χ0v) is 10.7. The van der Waals surface area contributed by atoms with Crippen molar-refractivity contribution in [3.05, 3.63) is 15.6 Å². The van der Waals surface area contributed by atoms with E-state index < -0.39 is 0 Å². The first-order chi connectivity index (χ1) is 7.20. The van der Waals surface area contributed by atoms with E-state index in [2.05, 4.69) is 31.1 Å². The molecule has 1 saturated carbocycles. The maximum atomic E-state index is 4.57. The molecule has 1 aliphatic carbocycles. The average Bonchev–Trinajstić information content (AvgIpc) is 2.97. The van der Waals surface area contributed by atoms with Crippen molar-refractivity contribution in [1.82, 2.24) is 10.3 Å². The number of hydrogen-bond acceptors (Lipinski definition) is 3. The standard InChI is InChI=1S/C12H20N2S/c1-4-11-14-9(3)12(15-11)8(2)13-7-10-5-6-10/h8,10,13H,4-7H2,1-3H3. The van der Waals surface area contributed by atoms with Crippen molar-refractivity contribution in [1.29, 1.82) is 0 Å². The first-order valence-corrected chi connectivity index (χ1v) is 6.72. The normalized spacial score (nSPS) is 18.1. The molecule has 1 aromatic rings. The monoisotopic (exact) mass is 224 g/mol. The van der Waals surface area contributed by atoms with E-state index in [0.717, 1.165) is 12.3 Å².